The molecule has 3 unspecified atom stereocenters. The maximum absolute atomic E-state index is 14.0. The second kappa shape index (κ2) is 11.0. The lowest BCUT2D eigenvalue weighted by Gasteiger charge is -2.36. The Bertz CT molecular complexity index is 972. The highest BCUT2D eigenvalue weighted by Crippen LogP contribution is 2.67. The number of benzene rings is 1. The van der Waals surface area contributed by atoms with Crippen LogP contribution >= 0.6 is 27.7 Å². The Morgan fingerprint density at radius 3 is 2.50 bits per heavy atom. The smallest absolute Gasteiger partial charge is 0.244 e. The van der Waals surface area contributed by atoms with Gasteiger partial charge >= 0.3 is 0 Å². The van der Waals surface area contributed by atoms with Crippen molar-refractivity contribution < 1.29 is 19.5 Å². The fourth-order valence-electron chi connectivity index (χ4n) is 6.06. The molecule has 6 atom stereocenters. The van der Waals surface area contributed by atoms with E-state index in [1.165, 1.54) is 0 Å². The maximum Gasteiger partial charge on any atom is 0.244 e. The molecule has 4 rings (SSSR count). The largest absolute Gasteiger partial charge is 0.396 e. The van der Waals surface area contributed by atoms with E-state index in [-0.39, 0.29) is 34.4 Å². The summed E-state index contributed by atoms with van der Waals surface area (Å²) in [5.74, 6) is -1.30. The van der Waals surface area contributed by atoms with E-state index in [4.69, 9.17) is 5.11 Å². The number of carbonyl (C=O) groups is 3. The van der Waals surface area contributed by atoms with Crippen molar-refractivity contribution in [1.29, 1.82) is 0 Å². The Labute approximate surface area is 226 Å². The minimum Gasteiger partial charge on any atom is -0.396 e. The third kappa shape index (κ3) is 5.34. The molecule has 3 N–H and O–H groups in total. The predicted octanol–water partition coefficient (Wildman–Crippen LogP) is 3.23. The lowest BCUT2D eigenvalue weighted by atomic mass is 9.70. The lowest BCUT2D eigenvalue weighted by Crippen LogP contribution is -2.57. The average Bonchev–Trinajstić information content (AvgIpc) is 3.40. The highest BCUT2D eigenvalue weighted by Gasteiger charge is 2.75. The van der Waals surface area contributed by atoms with Gasteiger partial charge in [0.15, 0.2) is 0 Å². The van der Waals surface area contributed by atoms with Crippen LogP contribution in [0, 0.1) is 11.8 Å². The number of carbonyl (C=O) groups excluding carboxylic acids is 3. The first-order chi connectivity index (χ1) is 17.1. The van der Waals surface area contributed by atoms with Crippen LogP contribution in [-0.4, -0.2) is 67.3 Å². The van der Waals surface area contributed by atoms with Crippen LogP contribution in [0.15, 0.2) is 30.3 Å². The Morgan fingerprint density at radius 1 is 1.14 bits per heavy atom. The minimum absolute atomic E-state index is 0.0497. The zero-order chi connectivity index (χ0) is 26.1. The summed E-state index contributed by atoms with van der Waals surface area (Å²) in [6, 6.07) is 9.16. The molecular formula is C27H38BrN3O4S. The van der Waals surface area contributed by atoms with Crippen LogP contribution in [-0.2, 0) is 20.9 Å². The van der Waals surface area contributed by atoms with Gasteiger partial charge in [-0.3, -0.25) is 14.4 Å². The van der Waals surface area contributed by atoms with Crippen molar-refractivity contribution in [1.82, 2.24) is 15.5 Å². The van der Waals surface area contributed by atoms with E-state index < -0.39 is 28.2 Å². The fraction of sp³-hybridized carbons (Fsp3) is 0.667. The molecule has 3 aliphatic rings. The molecule has 3 saturated heterocycles. The normalized spacial score (nSPS) is 31.0. The standard InChI is InChI=1S/C27H38BrN3O4S/c1-26(2,3)30-24(34)22-27-15-18(28)21(36-27)19(23(33)29-16-17-11-7-6-8-12-17)20(27)25(35)31(22)13-9-4-5-10-14-32/h6-8,11-12,18-22,32H,4-5,9-10,13-16H2,1-3H3,(H,29,33)(H,30,34)/t18?,19-,20+,21-,22?,27?/m1/s1. The molecule has 0 aliphatic carbocycles. The lowest BCUT2D eigenvalue weighted by molar-refractivity contribution is -0.140. The third-order valence-corrected chi connectivity index (χ3v) is 10.7. The third-order valence-electron chi connectivity index (χ3n) is 7.46. The van der Waals surface area contributed by atoms with Crippen LogP contribution in [0.5, 0.6) is 0 Å². The number of halogens is 1. The monoisotopic (exact) mass is 579 g/mol. The number of thioether (sulfide) groups is 1. The number of alkyl halides is 1. The number of fused-ring (bicyclic) bond motifs is 1. The van der Waals surface area contributed by atoms with Crippen molar-refractivity contribution >= 4 is 45.4 Å². The van der Waals surface area contributed by atoms with E-state index in [2.05, 4.69) is 26.6 Å². The van der Waals surface area contributed by atoms with Crippen molar-refractivity contribution in [3.63, 3.8) is 0 Å². The molecule has 0 aromatic heterocycles. The molecule has 9 heteroatoms. The highest BCUT2D eigenvalue weighted by atomic mass is 79.9. The SMILES string of the molecule is CC(C)(C)NC(=O)C1N(CCCCCCO)C(=O)[C@@H]2[C@@H](C(=O)NCc3ccccc3)[C@@H]3SC12CC3Br. The number of likely N-dealkylation sites (tertiary alicyclic amines) is 1. The molecule has 3 aliphatic heterocycles. The van der Waals surface area contributed by atoms with Gasteiger partial charge in [0, 0.05) is 35.3 Å². The first-order valence-corrected chi connectivity index (χ1v) is 14.8. The van der Waals surface area contributed by atoms with E-state index in [1.807, 2.05) is 51.1 Å². The van der Waals surface area contributed by atoms with Gasteiger partial charge in [-0.1, -0.05) is 59.1 Å². The molecule has 3 fully saturated rings. The van der Waals surface area contributed by atoms with Crippen LogP contribution in [0.3, 0.4) is 0 Å². The van der Waals surface area contributed by atoms with Gasteiger partial charge in [-0.2, -0.15) is 0 Å². The highest BCUT2D eigenvalue weighted by molar-refractivity contribution is 9.09. The van der Waals surface area contributed by atoms with Gasteiger partial charge in [0.2, 0.25) is 17.7 Å². The summed E-state index contributed by atoms with van der Waals surface area (Å²) in [7, 11) is 0. The zero-order valence-corrected chi connectivity index (χ0v) is 23.7. The summed E-state index contributed by atoms with van der Waals surface area (Å²) in [5, 5.41) is 15.2. The molecule has 1 aromatic carbocycles. The van der Waals surface area contributed by atoms with Gasteiger partial charge in [0.05, 0.1) is 16.6 Å². The Balaban J connectivity index is 1.59. The summed E-state index contributed by atoms with van der Waals surface area (Å²) in [6.07, 6.45) is 3.96. The van der Waals surface area contributed by atoms with E-state index in [9.17, 15) is 14.4 Å². The van der Waals surface area contributed by atoms with Crippen LogP contribution in [0.25, 0.3) is 0 Å². The number of hydrogen-bond donors (Lipinski definition) is 3. The number of aliphatic hydroxyl groups excluding tert-OH is 1. The van der Waals surface area contributed by atoms with Crippen molar-refractivity contribution in [2.75, 3.05) is 13.2 Å². The van der Waals surface area contributed by atoms with Crippen LogP contribution in [0.4, 0.5) is 0 Å². The van der Waals surface area contributed by atoms with Gasteiger partial charge in [-0.05, 0) is 45.6 Å². The number of hydrogen-bond acceptors (Lipinski definition) is 5. The van der Waals surface area contributed by atoms with Crippen LogP contribution in [0.1, 0.15) is 58.4 Å². The number of amides is 3. The Hall–Kier alpha value is -1.58. The van der Waals surface area contributed by atoms with E-state index in [0.29, 0.717) is 19.5 Å². The number of aliphatic hydroxyl groups is 1. The number of nitrogens with zero attached hydrogens (tertiary/aromatic N) is 1. The molecule has 36 heavy (non-hydrogen) atoms. The maximum atomic E-state index is 14.0. The van der Waals surface area contributed by atoms with Crippen molar-refractivity contribution in [3.8, 4) is 0 Å². The summed E-state index contributed by atoms with van der Waals surface area (Å²) in [5.41, 5.74) is 0.583. The van der Waals surface area contributed by atoms with Gasteiger partial charge in [-0.15, -0.1) is 11.8 Å². The van der Waals surface area contributed by atoms with Gasteiger partial charge in [0.25, 0.3) is 0 Å². The van der Waals surface area contributed by atoms with E-state index in [0.717, 1.165) is 31.2 Å². The molecular weight excluding hydrogens is 542 g/mol. The second-order valence-corrected chi connectivity index (χ2v) is 14.0. The van der Waals surface area contributed by atoms with E-state index >= 15 is 0 Å². The summed E-state index contributed by atoms with van der Waals surface area (Å²) >= 11 is 5.47. The molecule has 0 radical (unpaired) electrons. The Kier molecular flexibility index (Phi) is 8.42. The second-order valence-electron chi connectivity index (χ2n) is 11.3. The molecule has 1 spiro atoms. The predicted molar refractivity (Wildman–Crippen MR) is 146 cm³/mol. The quantitative estimate of drug-likeness (QED) is 0.292. The number of nitrogens with one attached hydrogen (secondary N) is 2. The molecule has 3 amide bonds. The Morgan fingerprint density at radius 2 is 1.83 bits per heavy atom. The van der Waals surface area contributed by atoms with Gasteiger partial charge in [-0.25, -0.2) is 0 Å². The number of unbranched alkanes of at least 4 members (excludes halogenated alkanes) is 3. The first-order valence-electron chi connectivity index (χ1n) is 13.0. The molecule has 0 saturated carbocycles. The molecule has 3 heterocycles. The number of rotatable bonds is 10. The molecule has 1 aromatic rings. The van der Waals surface area contributed by atoms with Crippen molar-refractivity contribution in [2.24, 2.45) is 11.8 Å². The average molecular weight is 581 g/mol. The summed E-state index contributed by atoms with van der Waals surface area (Å²) in [4.78, 5) is 43.0. The van der Waals surface area contributed by atoms with Crippen molar-refractivity contribution in [2.45, 2.75) is 85.8 Å². The summed E-state index contributed by atoms with van der Waals surface area (Å²) in [6.45, 7) is 6.90. The van der Waals surface area contributed by atoms with Crippen LogP contribution in [0.2, 0.25) is 0 Å². The molecule has 7 nitrogen and oxygen atoms in total. The molecule has 2 bridgehead atoms. The van der Waals surface area contributed by atoms with Crippen LogP contribution < -0.4 is 10.6 Å². The van der Waals surface area contributed by atoms with E-state index in [1.54, 1.807) is 16.7 Å². The summed E-state index contributed by atoms with van der Waals surface area (Å²) < 4.78 is -0.620. The fourth-order valence-corrected chi connectivity index (χ4v) is 9.67. The van der Waals surface area contributed by atoms with Gasteiger partial charge in [0.1, 0.15) is 6.04 Å². The molecule has 198 valence electrons. The van der Waals surface area contributed by atoms with Crippen molar-refractivity contribution in [3.05, 3.63) is 35.9 Å². The zero-order valence-electron chi connectivity index (χ0n) is 21.3. The topological polar surface area (TPSA) is 98.7 Å². The van der Waals surface area contributed by atoms with Gasteiger partial charge < -0.3 is 20.6 Å². The minimum atomic E-state index is -0.620. The first kappa shape index (κ1) is 27.5.